The highest BCUT2D eigenvalue weighted by atomic mass is 16.7. The Balaban J connectivity index is 2.12. The van der Waals surface area contributed by atoms with Crippen LogP contribution in [0.15, 0.2) is 66.7 Å². The molecule has 3 heteroatoms. The summed E-state index contributed by atoms with van der Waals surface area (Å²) < 4.78 is 11.0. The van der Waals surface area contributed by atoms with E-state index in [0.717, 1.165) is 11.1 Å². The van der Waals surface area contributed by atoms with Crippen molar-refractivity contribution < 1.29 is 14.3 Å². The Kier molecular flexibility index (Phi) is 5.37. The third-order valence-electron chi connectivity index (χ3n) is 3.13. The Morgan fingerprint density at radius 1 is 1.09 bits per heavy atom. The van der Waals surface area contributed by atoms with E-state index in [1.165, 1.54) is 0 Å². The number of hydrogen-bond acceptors (Lipinski definition) is 3. The molecule has 0 heterocycles. The quantitative estimate of drug-likeness (QED) is 0.444. The van der Waals surface area contributed by atoms with Crippen LogP contribution in [0.2, 0.25) is 0 Å². The zero-order valence-electron chi connectivity index (χ0n) is 12.9. The van der Waals surface area contributed by atoms with Gasteiger partial charge in [0.25, 0.3) is 0 Å². The van der Waals surface area contributed by atoms with Crippen LogP contribution in [0.1, 0.15) is 20.3 Å². The molecule has 0 aliphatic rings. The van der Waals surface area contributed by atoms with Gasteiger partial charge in [-0.05, 0) is 30.2 Å². The van der Waals surface area contributed by atoms with Gasteiger partial charge in [-0.15, -0.1) is 0 Å². The molecule has 0 aliphatic heterocycles. The number of hydrogen-bond donors (Lipinski definition) is 0. The molecule has 0 saturated carbocycles. The minimum atomic E-state index is -0.616. The maximum Gasteiger partial charge on any atom is 0.336 e. The summed E-state index contributed by atoms with van der Waals surface area (Å²) >= 11 is 0. The second kappa shape index (κ2) is 7.46. The van der Waals surface area contributed by atoms with Crippen LogP contribution < -0.4 is 4.74 Å². The van der Waals surface area contributed by atoms with Crippen LogP contribution in [0.3, 0.4) is 0 Å². The molecule has 0 spiro atoms. The summed E-state index contributed by atoms with van der Waals surface area (Å²) in [5.74, 6) is 0.230. The van der Waals surface area contributed by atoms with E-state index < -0.39 is 12.3 Å². The Labute approximate surface area is 131 Å². The van der Waals surface area contributed by atoms with Crippen molar-refractivity contribution in [2.45, 2.75) is 26.6 Å². The average molecular weight is 296 g/mol. The molecule has 114 valence electrons. The molecule has 2 aromatic carbocycles. The fraction of sp³-hybridized carbons (Fsp3) is 0.211. The molecular weight excluding hydrogens is 276 g/mol. The zero-order chi connectivity index (χ0) is 15.9. The number of rotatable bonds is 6. The van der Waals surface area contributed by atoms with Crippen LogP contribution in [0.4, 0.5) is 0 Å². The van der Waals surface area contributed by atoms with E-state index in [2.05, 4.69) is 6.58 Å². The highest BCUT2D eigenvalue weighted by Crippen LogP contribution is 2.24. The summed E-state index contributed by atoms with van der Waals surface area (Å²) in [6.45, 7) is 7.09. The second-order valence-corrected chi connectivity index (χ2v) is 5.04. The lowest BCUT2D eigenvalue weighted by atomic mass is 10.1. The first-order valence-electron chi connectivity index (χ1n) is 7.28. The number of esters is 1. The van der Waals surface area contributed by atoms with Crippen LogP contribution in [-0.2, 0) is 9.53 Å². The van der Waals surface area contributed by atoms with Gasteiger partial charge in [0.2, 0.25) is 6.29 Å². The van der Waals surface area contributed by atoms with E-state index in [0.29, 0.717) is 17.7 Å². The van der Waals surface area contributed by atoms with Crippen molar-refractivity contribution in [3.05, 3.63) is 66.7 Å². The monoisotopic (exact) mass is 296 g/mol. The molecule has 2 rings (SSSR count). The Morgan fingerprint density at radius 3 is 2.41 bits per heavy atom. The molecule has 0 amide bonds. The molecule has 1 atom stereocenters. The summed E-state index contributed by atoms with van der Waals surface area (Å²) in [6, 6.07) is 17.8. The maximum atomic E-state index is 11.6. The SMILES string of the molecule is C=C(C)C(=O)OC(CC)Oc1cccc(-c2ccccc2)c1. The summed E-state index contributed by atoms with van der Waals surface area (Å²) in [5.41, 5.74) is 2.53. The van der Waals surface area contributed by atoms with E-state index >= 15 is 0 Å². The van der Waals surface area contributed by atoms with E-state index in [4.69, 9.17) is 9.47 Å². The third kappa shape index (κ3) is 4.22. The third-order valence-corrected chi connectivity index (χ3v) is 3.13. The number of carbonyl (C=O) groups is 1. The fourth-order valence-corrected chi connectivity index (χ4v) is 1.94. The lowest BCUT2D eigenvalue weighted by molar-refractivity contribution is -0.159. The van der Waals surface area contributed by atoms with Crippen LogP contribution >= 0.6 is 0 Å². The van der Waals surface area contributed by atoms with Gasteiger partial charge >= 0.3 is 5.97 Å². The van der Waals surface area contributed by atoms with Gasteiger partial charge in [0, 0.05) is 12.0 Å². The van der Waals surface area contributed by atoms with Gasteiger partial charge in [0.05, 0.1) is 0 Å². The molecule has 2 aromatic rings. The van der Waals surface area contributed by atoms with Gasteiger partial charge in [-0.25, -0.2) is 4.79 Å². The fourth-order valence-electron chi connectivity index (χ4n) is 1.94. The highest BCUT2D eigenvalue weighted by molar-refractivity contribution is 5.87. The minimum absolute atomic E-state index is 0.361. The highest BCUT2D eigenvalue weighted by Gasteiger charge is 2.14. The van der Waals surface area contributed by atoms with Gasteiger partial charge < -0.3 is 9.47 Å². The smallest absolute Gasteiger partial charge is 0.336 e. The normalized spacial score (nSPS) is 11.5. The summed E-state index contributed by atoms with van der Waals surface area (Å²) in [7, 11) is 0. The number of ether oxygens (including phenoxy) is 2. The molecule has 22 heavy (non-hydrogen) atoms. The summed E-state index contributed by atoms with van der Waals surface area (Å²) in [4.78, 5) is 11.6. The van der Waals surface area contributed by atoms with Crippen LogP contribution in [0, 0.1) is 0 Å². The largest absolute Gasteiger partial charge is 0.455 e. The average Bonchev–Trinajstić information content (AvgIpc) is 2.55. The van der Waals surface area contributed by atoms with Gasteiger partial charge in [-0.1, -0.05) is 56.0 Å². The second-order valence-electron chi connectivity index (χ2n) is 5.04. The number of carbonyl (C=O) groups excluding carboxylic acids is 1. The minimum Gasteiger partial charge on any atom is -0.455 e. The van der Waals surface area contributed by atoms with E-state index in [-0.39, 0.29) is 0 Å². The van der Waals surface area contributed by atoms with Crippen molar-refractivity contribution in [1.82, 2.24) is 0 Å². The van der Waals surface area contributed by atoms with Crippen LogP contribution in [0.25, 0.3) is 11.1 Å². The molecule has 0 saturated heterocycles. The van der Waals surface area contributed by atoms with Crippen molar-refractivity contribution in [3.8, 4) is 16.9 Å². The summed E-state index contributed by atoms with van der Waals surface area (Å²) in [6.07, 6.45) is -0.0515. The van der Waals surface area contributed by atoms with Crippen molar-refractivity contribution in [2.24, 2.45) is 0 Å². The molecule has 0 aliphatic carbocycles. The van der Waals surface area contributed by atoms with Gasteiger partial charge in [-0.3, -0.25) is 0 Å². The first-order chi connectivity index (χ1) is 10.6. The lowest BCUT2D eigenvalue weighted by Crippen LogP contribution is -2.23. The first kappa shape index (κ1) is 15.8. The van der Waals surface area contributed by atoms with Gasteiger partial charge in [-0.2, -0.15) is 0 Å². The molecule has 0 N–H and O–H groups in total. The maximum absolute atomic E-state index is 11.6. The van der Waals surface area contributed by atoms with E-state index in [9.17, 15) is 4.79 Å². The van der Waals surface area contributed by atoms with Crippen LogP contribution in [0.5, 0.6) is 5.75 Å². The molecule has 3 nitrogen and oxygen atoms in total. The van der Waals surface area contributed by atoms with Crippen molar-refractivity contribution >= 4 is 5.97 Å². The van der Waals surface area contributed by atoms with Gasteiger partial charge in [0.15, 0.2) is 0 Å². The van der Waals surface area contributed by atoms with Crippen LogP contribution in [-0.4, -0.2) is 12.3 Å². The topological polar surface area (TPSA) is 35.5 Å². The standard InChI is InChI=1S/C19H20O3/c1-4-18(22-19(20)14(2)3)21-17-12-8-11-16(13-17)15-9-6-5-7-10-15/h5-13,18H,2,4H2,1,3H3. The molecule has 0 aromatic heterocycles. The molecule has 0 bridgehead atoms. The predicted molar refractivity (Wildman–Crippen MR) is 87.5 cm³/mol. The van der Waals surface area contributed by atoms with Crippen molar-refractivity contribution in [3.63, 3.8) is 0 Å². The molecular formula is C19H20O3. The van der Waals surface area contributed by atoms with E-state index in [1.54, 1.807) is 6.92 Å². The Bertz CT molecular complexity index is 647. The predicted octanol–water partition coefficient (Wildman–Crippen LogP) is 4.59. The Morgan fingerprint density at radius 2 is 1.77 bits per heavy atom. The summed E-state index contributed by atoms with van der Waals surface area (Å²) in [5, 5.41) is 0. The molecule has 0 radical (unpaired) electrons. The van der Waals surface area contributed by atoms with Crippen molar-refractivity contribution in [1.29, 1.82) is 0 Å². The Hall–Kier alpha value is -2.55. The van der Waals surface area contributed by atoms with Crippen molar-refractivity contribution in [2.75, 3.05) is 0 Å². The number of benzene rings is 2. The molecule has 1 unspecified atom stereocenters. The van der Waals surface area contributed by atoms with E-state index in [1.807, 2.05) is 61.5 Å². The lowest BCUT2D eigenvalue weighted by Gasteiger charge is -2.18. The molecule has 0 fully saturated rings. The van der Waals surface area contributed by atoms with Gasteiger partial charge in [0.1, 0.15) is 5.75 Å². The zero-order valence-corrected chi connectivity index (χ0v) is 12.9. The first-order valence-corrected chi connectivity index (χ1v) is 7.28.